The fourth-order valence-corrected chi connectivity index (χ4v) is 4.24. The number of benzene rings is 3. The van der Waals surface area contributed by atoms with Crippen molar-refractivity contribution in [1.82, 2.24) is 0 Å². The van der Waals surface area contributed by atoms with Crippen LogP contribution in [0, 0.1) is 0 Å². The van der Waals surface area contributed by atoms with E-state index in [9.17, 15) is 0 Å². The highest BCUT2D eigenvalue weighted by molar-refractivity contribution is 7.81. The summed E-state index contributed by atoms with van der Waals surface area (Å²) in [4.78, 5) is 0. The molecule has 0 amide bonds. The normalized spacial score (nSPS) is 13.5. The molecule has 0 saturated heterocycles. The van der Waals surface area contributed by atoms with Gasteiger partial charge in [0, 0.05) is 4.75 Å². The van der Waals surface area contributed by atoms with Gasteiger partial charge in [0.15, 0.2) is 0 Å². The lowest BCUT2D eigenvalue weighted by Gasteiger charge is -2.38. The Kier molecular flexibility index (Phi) is 7.69. The number of ether oxygens (including phenoxy) is 3. The summed E-state index contributed by atoms with van der Waals surface area (Å²) in [5.41, 5.74) is 2.33. The van der Waals surface area contributed by atoms with Crippen LogP contribution >= 0.6 is 12.6 Å². The maximum atomic E-state index is 6.89. The van der Waals surface area contributed by atoms with Crippen LogP contribution in [0.1, 0.15) is 43.4 Å². The number of rotatable bonds is 10. The molecule has 31 heavy (non-hydrogen) atoms. The van der Waals surface area contributed by atoms with Crippen molar-refractivity contribution < 1.29 is 14.2 Å². The first kappa shape index (κ1) is 23.2. The highest BCUT2D eigenvalue weighted by atomic mass is 32.1. The van der Waals surface area contributed by atoms with Crippen molar-refractivity contribution in [2.24, 2.45) is 0 Å². The molecule has 3 aromatic carbocycles. The third-order valence-corrected chi connectivity index (χ3v) is 5.91. The summed E-state index contributed by atoms with van der Waals surface area (Å²) in [6.07, 6.45) is 2.01. The van der Waals surface area contributed by atoms with Gasteiger partial charge in [0.25, 0.3) is 0 Å². The van der Waals surface area contributed by atoms with E-state index in [4.69, 9.17) is 26.8 Å². The largest absolute Gasteiger partial charge is 0.497 e. The molecule has 0 bridgehead atoms. The summed E-state index contributed by atoms with van der Waals surface area (Å²) in [6.45, 7) is 4.81. The molecule has 0 aromatic heterocycles. The zero-order valence-corrected chi connectivity index (χ0v) is 19.7. The zero-order chi connectivity index (χ0) is 22.3. The van der Waals surface area contributed by atoms with Crippen molar-refractivity contribution in [3.05, 3.63) is 95.6 Å². The molecule has 0 saturated carbocycles. The average Bonchev–Trinajstić information content (AvgIpc) is 2.81. The minimum absolute atomic E-state index is 0.242. The Hall–Kier alpha value is -2.43. The summed E-state index contributed by atoms with van der Waals surface area (Å²) in [6, 6.07) is 26.6. The van der Waals surface area contributed by atoms with Crippen LogP contribution in [0.5, 0.6) is 11.5 Å². The van der Waals surface area contributed by atoms with Gasteiger partial charge in [-0.1, -0.05) is 67.9 Å². The molecule has 0 radical (unpaired) electrons. The molecule has 0 heterocycles. The first-order valence-electron chi connectivity index (χ1n) is 10.7. The molecular formula is C27H32O3S. The summed E-state index contributed by atoms with van der Waals surface area (Å²) >= 11 is 4.91. The van der Waals surface area contributed by atoms with Gasteiger partial charge in [-0.3, -0.25) is 0 Å². The van der Waals surface area contributed by atoms with Crippen LogP contribution in [0.25, 0.3) is 0 Å². The van der Waals surface area contributed by atoms with Gasteiger partial charge in [0.1, 0.15) is 17.1 Å². The van der Waals surface area contributed by atoms with Gasteiger partial charge in [-0.25, -0.2) is 0 Å². The highest BCUT2D eigenvalue weighted by Gasteiger charge is 2.39. The van der Waals surface area contributed by atoms with Gasteiger partial charge in [0.05, 0.1) is 20.8 Å². The maximum Gasteiger partial charge on any atom is 0.143 e. The Morgan fingerprint density at radius 1 is 0.710 bits per heavy atom. The molecule has 0 aliphatic carbocycles. The average molecular weight is 437 g/mol. The summed E-state index contributed by atoms with van der Waals surface area (Å²) < 4.78 is 17.5. The van der Waals surface area contributed by atoms with Crippen molar-refractivity contribution in [3.8, 4) is 11.5 Å². The molecule has 1 atom stereocenters. The van der Waals surface area contributed by atoms with Gasteiger partial charge in [-0.15, -0.1) is 0 Å². The highest BCUT2D eigenvalue weighted by Crippen LogP contribution is 2.42. The van der Waals surface area contributed by atoms with Gasteiger partial charge >= 0.3 is 0 Å². The number of hydrogen-bond acceptors (Lipinski definition) is 4. The predicted molar refractivity (Wildman–Crippen MR) is 131 cm³/mol. The Morgan fingerprint density at radius 2 is 1.16 bits per heavy atom. The standard InChI is InChI=1S/C27H32O3S/c1-5-19-26(2,31)20-30-27(21-9-7-6-8-10-21,22-11-15-24(28-3)16-12-22)23-13-17-25(29-4)18-14-23/h6-18,31H,5,19-20H2,1-4H3/t26-/m0/s1. The Morgan fingerprint density at radius 3 is 1.58 bits per heavy atom. The van der Waals surface area contributed by atoms with Crippen molar-refractivity contribution in [1.29, 1.82) is 0 Å². The molecule has 0 spiro atoms. The second-order valence-electron chi connectivity index (χ2n) is 8.04. The Bertz CT molecular complexity index is 887. The van der Waals surface area contributed by atoms with Gasteiger partial charge in [-0.2, -0.15) is 12.6 Å². The predicted octanol–water partition coefficient (Wildman–Crippen LogP) is 6.50. The van der Waals surface area contributed by atoms with Crippen molar-refractivity contribution in [2.75, 3.05) is 20.8 Å². The SMILES string of the molecule is CCC[C@](C)(S)COC(c1ccccc1)(c1ccc(OC)cc1)c1ccc(OC)cc1. The molecule has 0 unspecified atom stereocenters. The van der Waals surface area contributed by atoms with Crippen LogP contribution in [-0.4, -0.2) is 25.6 Å². The van der Waals surface area contributed by atoms with E-state index >= 15 is 0 Å². The molecule has 0 fully saturated rings. The number of thiol groups is 1. The van der Waals surface area contributed by atoms with E-state index in [-0.39, 0.29) is 4.75 Å². The molecular weight excluding hydrogens is 404 g/mol. The number of hydrogen-bond donors (Lipinski definition) is 1. The molecule has 0 N–H and O–H groups in total. The van der Waals surface area contributed by atoms with Crippen LogP contribution in [-0.2, 0) is 10.3 Å². The van der Waals surface area contributed by atoms with Crippen LogP contribution in [0.15, 0.2) is 78.9 Å². The minimum Gasteiger partial charge on any atom is -0.497 e. The summed E-state index contributed by atoms with van der Waals surface area (Å²) in [7, 11) is 3.35. The van der Waals surface area contributed by atoms with Gasteiger partial charge in [-0.05, 0) is 54.3 Å². The molecule has 0 aliphatic rings. The Labute approximate surface area is 191 Å². The second kappa shape index (κ2) is 10.3. The first-order chi connectivity index (χ1) is 14.9. The van der Waals surface area contributed by atoms with Crippen LogP contribution < -0.4 is 9.47 Å². The van der Waals surface area contributed by atoms with E-state index in [0.717, 1.165) is 41.0 Å². The third-order valence-electron chi connectivity index (χ3n) is 5.56. The van der Waals surface area contributed by atoms with Crippen LogP contribution in [0.2, 0.25) is 0 Å². The first-order valence-corrected chi connectivity index (χ1v) is 11.1. The second-order valence-corrected chi connectivity index (χ2v) is 9.12. The fraction of sp³-hybridized carbons (Fsp3) is 0.333. The van der Waals surface area contributed by atoms with Crippen molar-refractivity contribution in [2.45, 2.75) is 37.0 Å². The smallest absolute Gasteiger partial charge is 0.143 e. The van der Waals surface area contributed by atoms with Gasteiger partial charge < -0.3 is 14.2 Å². The molecule has 164 valence electrons. The third kappa shape index (κ3) is 5.25. The summed E-state index contributed by atoms with van der Waals surface area (Å²) in [5.74, 6) is 1.62. The van der Waals surface area contributed by atoms with E-state index in [1.165, 1.54) is 0 Å². The van der Waals surface area contributed by atoms with Crippen molar-refractivity contribution >= 4 is 12.6 Å². The lowest BCUT2D eigenvalue weighted by Crippen LogP contribution is -2.37. The fourth-order valence-electron chi connectivity index (χ4n) is 3.95. The van der Waals surface area contributed by atoms with E-state index in [2.05, 4.69) is 50.2 Å². The monoisotopic (exact) mass is 436 g/mol. The molecule has 4 heteroatoms. The molecule has 3 rings (SSSR count). The topological polar surface area (TPSA) is 27.7 Å². The quantitative estimate of drug-likeness (QED) is 0.290. The van der Waals surface area contributed by atoms with Crippen LogP contribution in [0.3, 0.4) is 0 Å². The van der Waals surface area contributed by atoms with E-state index < -0.39 is 5.60 Å². The Balaban J connectivity index is 2.20. The minimum atomic E-state index is -0.794. The summed E-state index contributed by atoms with van der Waals surface area (Å²) in [5, 5.41) is 0. The molecule has 3 nitrogen and oxygen atoms in total. The van der Waals surface area contributed by atoms with E-state index in [0.29, 0.717) is 6.61 Å². The van der Waals surface area contributed by atoms with Gasteiger partial charge in [0.2, 0.25) is 0 Å². The van der Waals surface area contributed by atoms with E-state index in [1.54, 1.807) is 14.2 Å². The maximum absolute atomic E-state index is 6.89. The number of methoxy groups -OCH3 is 2. The lowest BCUT2D eigenvalue weighted by molar-refractivity contribution is 0.000657. The molecule has 3 aromatic rings. The molecule has 0 aliphatic heterocycles. The van der Waals surface area contributed by atoms with Crippen molar-refractivity contribution in [3.63, 3.8) is 0 Å². The zero-order valence-electron chi connectivity index (χ0n) is 18.8. The lowest BCUT2D eigenvalue weighted by atomic mass is 9.80. The van der Waals surface area contributed by atoms with Crippen LogP contribution in [0.4, 0.5) is 0 Å². The van der Waals surface area contributed by atoms with E-state index in [1.807, 2.05) is 42.5 Å².